The van der Waals surface area contributed by atoms with Crippen LogP contribution in [0, 0.1) is 5.92 Å². The average molecular weight is 265 g/mol. The summed E-state index contributed by atoms with van der Waals surface area (Å²) in [5.41, 5.74) is 0.689. The van der Waals surface area contributed by atoms with Crippen molar-refractivity contribution in [2.75, 3.05) is 20.8 Å². The van der Waals surface area contributed by atoms with E-state index in [9.17, 15) is 9.90 Å². The molecule has 0 spiro atoms. The van der Waals surface area contributed by atoms with Crippen LogP contribution in [-0.4, -0.2) is 31.8 Å². The number of benzene rings is 1. The van der Waals surface area contributed by atoms with E-state index in [1.165, 1.54) is 0 Å². The Morgan fingerprint density at radius 1 is 1.37 bits per heavy atom. The van der Waals surface area contributed by atoms with Crippen molar-refractivity contribution in [3.63, 3.8) is 0 Å². The highest BCUT2D eigenvalue weighted by Gasteiger charge is 2.29. The molecule has 19 heavy (non-hydrogen) atoms. The van der Waals surface area contributed by atoms with Gasteiger partial charge in [-0.3, -0.25) is 4.79 Å². The predicted octanol–water partition coefficient (Wildman–Crippen LogP) is 1.26. The lowest BCUT2D eigenvalue weighted by Gasteiger charge is -2.14. The Morgan fingerprint density at radius 2 is 2.05 bits per heavy atom. The van der Waals surface area contributed by atoms with Gasteiger partial charge in [-0.05, 0) is 30.5 Å². The van der Waals surface area contributed by atoms with Crippen molar-refractivity contribution in [3.8, 4) is 11.5 Å². The summed E-state index contributed by atoms with van der Waals surface area (Å²) in [7, 11) is 3.10. The zero-order chi connectivity index (χ0) is 13.8. The van der Waals surface area contributed by atoms with Crippen molar-refractivity contribution in [1.29, 1.82) is 0 Å². The van der Waals surface area contributed by atoms with Gasteiger partial charge in [-0.15, -0.1) is 0 Å². The lowest BCUT2D eigenvalue weighted by molar-refractivity contribution is -0.122. The number of aliphatic hydroxyl groups is 1. The van der Waals surface area contributed by atoms with Gasteiger partial charge in [0.05, 0.1) is 20.3 Å². The minimum atomic E-state index is -0.748. The van der Waals surface area contributed by atoms with Gasteiger partial charge < -0.3 is 19.9 Å². The van der Waals surface area contributed by atoms with Crippen molar-refractivity contribution >= 4 is 5.91 Å². The van der Waals surface area contributed by atoms with Gasteiger partial charge in [0, 0.05) is 12.5 Å². The van der Waals surface area contributed by atoms with E-state index in [2.05, 4.69) is 5.32 Å². The second kappa shape index (κ2) is 5.93. The second-order valence-electron chi connectivity index (χ2n) is 4.65. The molecule has 1 aromatic rings. The molecular formula is C14H19NO4. The molecule has 5 heteroatoms. The van der Waals surface area contributed by atoms with E-state index in [0.29, 0.717) is 17.1 Å². The van der Waals surface area contributed by atoms with Crippen molar-refractivity contribution in [1.82, 2.24) is 5.32 Å². The summed E-state index contributed by atoms with van der Waals surface area (Å²) in [6.07, 6.45) is 1.17. The Hall–Kier alpha value is -1.75. The summed E-state index contributed by atoms with van der Waals surface area (Å²) in [6.45, 7) is 0.213. The number of rotatable bonds is 6. The first kappa shape index (κ1) is 13.7. The maximum absolute atomic E-state index is 11.5. The molecule has 1 aliphatic rings. The number of carbonyl (C=O) groups is 1. The van der Waals surface area contributed by atoms with Crippen molar-refractivity contribution in [2.45, 2.75) is 18.9 Å². The van der Waals surface area contributed by atoms with Gasteiger partial charge in [0.15, 0.2) is 11.5 Å². The second-order valence-corrected chi connectivity index (χ2v) is 4.65. The zero-order valence-corrected chi connectivity index (χ0v) is 11.2. The molecule has 0 aliphatic heterocycles. The maximum atomic E-state index is 11.5. The fourth-order valence-electron chi connectivity index (χ4n) is 1.87. The molecule has 104 valence electrons. The SMILES string of the molecule is COc1ccc(C(O)CNC(=O)C2CC2)cc1OC. The molecule has 0 saturated heterocycles. The van der Waals surface area contributed by atoms with Gasteiger partial charge in [-0.1, -0.05) is 6.07 Å². The first-order valence-electron chi connectivity index (χ1n) is 6.33. The van der Waals surface area contributed by atoms with Gasteiger partial charge in [-0.25, -0.2) is 0 Å². The largest absolute Gasteiger partial charge is 0.493 e. The van der Waals surface area contributed by atoms with Crippen LogP contribution in [0.5, 0.6) is 11.5 Å². The van der Waals surface area contributed by atoms with Gasteiger partial charge in [-0.2, -0.15) is 0 Å². The molecule has 1 aromatic carbocycles. The minimum absolute atomic E-state index is 0.0273. The number of hydrogen-bond acceptors (Lipinski definition) is 4. The molecule has 1 aliphatic carbocycles. The van der Waals surface area contributed by atoms with Crippen LogP contribution >= 0.6 is 0 Å². The van der Waals surface area contributed by atoms with E-state index in [-0.39, 0.29) is 18.4 Å². The smallest absolute Gasteiger partial charge is 0.223 e. The van der Waals surface area contributed by atoms with Crippen LogP contribution < -0.4 is 14.8 Å². The van der Waals surface area contributed by atoms with Gasteiger partial charge in [0.1, 0.15) is 0 Å². The standard InChI is InChI=1S/C14H19NO4/c1-18-12-6-5-10(7-13(12)19-2)11(16)8-15-14(17)9-3-4-9/h5-7,9,11,16H,3-4,8H2,1-2H3,(H,15,17). The summed E-state index contributed by atoms with van der Waals surface area (Å²) in [4.78, 5) is 11.5. The van der Waals surface area contributed by atoms with E-state index >= 15 is 0 Å². The van der Waals surface area contributed by atoms with Crippen LogP contribution in [0.3, 0.4) is 0 Å². The first-order chi connectivity index (χ1) is 9.15. The molecule has 1 unspecified atom stereocenters. The number of methoxy groups -OCH3 is 2. The van der Waals surface area contributed by atoms with Gasteiger partial charge in [0.25, 0.3) is 0 Å². The summed E-state index contributed by atoms with van der Waals surface area (Å²) < 4.78 is 10.3. The highest BCUT2D eigenvalue weighted by Crippen LogP contribution is 2.30. The molecule has 1 fully saturated rings. The van der Waals surface area contributed by atoms with E-state index in [4.69, 9.17) is 9.47 Å². The average Bonchev–Trinajstić information content (AvgIpc) is 3.28. The number of hydrogen-bond donors (Lipinski definition) is 2. The van der Waals surface area contributed by atoms with Crippen LogP contribution in [-0.2, 0) is 4.79 Å². The Balaban J connectivity index is 1.97. The molecule has 2 rings (SSSR count). The summed E-state index contributed by atoms with van der Waals surface area (Å²) in [6, 6.07) is 5.21. The third-order valence-electron chi connectivity index (χ3n) is 3.21. The topological polar surface area (TPSA) is 67.8 Å². The third-order valence-corrected chi connectivity index (χ3v) is 3.21. The van der Waals surface area contributed by atoms with Crippen LogP contribution in [0.1, 0.15) is 24.5 Å². The normalized spacial score (nSPS) is 15.7. The molecule has 0 aromatic heterocycles. The van der Waals surface area contributed by atoms with Crippen molar-refractivity contribution in [2.24, 2.45) is 5.92 Å². The number of nitrogens with one attached hydrogen (secondary N) is 1. The van der Waals surface area contributed by atoms with Crippen molar-refractivity contribution in [3.05, 3.63) is 23.8 Å². The Kier molecular flexibility index (Phi) is 4.27. The van der Waals surface area contributed by atoms with Gasteiger partial charge >= 0.3 is 0 Å². The number of amides is 1. The molecule has 1 saturated carbocycles. The van der Waals surface area contributed by atoms with E-state index < -0.39 is 6.10 Å². The zero-order valence-electron chi connectivity index (χ0n) is 11.2. The molecule has 5 nitrogen and oxygen atoms in total. The predicted molar refractivity (Wildman–Crippen MR) is 70.2 cm³/mol. The lowest BCUT2D eigenvalue weighted by Crippen LogP contribution is -2.29. The van der Waals surface area contributed by atoms with Crippen molar-refractivity contribution < 1.29 is 19.4 Å². The minimum Gasteiger partial charge on any atom is -0.493 e. The number of aliphatic hydroxyl groups excluding tert-OH is 1. The van der Waals surface area contributed by atoms with Crippen LogP contribution in [0.4, 0.5) is 0 Å². The quantitative estimate of drug-likeness (QED) is 0.812. The first-order valence-corrected chi connectivity index (χ1v) is 6.33. The Morgan fingerprint density at radius 3 is 2.63 bits per heavy atom. The Labute approximate surface area is 112 Å². The molecule has 1 amide bonds. The number of ether oxygens (including phenoxy) is 2. The fourth-order valence-corrected chi connectivity index (χ4v) is 1.87. The lowest BCUT2D eigenvalue weighted by atomic mass is 10.1. The molecule has 0 heterocycles. The third kappa shape index (κ3) is 3.38. The highest BCUT2D eigenvalue weighted by atomic mass is 16.5. The van der Waals surface area contributed by atoms with Crippen LogP contribution in [0.25, 0.3) is 0 Å². The molecule has 1 atom stereocenters. The number of carbonyl (C=O) groups excluding carboxylic acids is 1. The fraction of sp³-hybridized carbons (Fsp3) is 0.500. The van der Waals surface area contributed by atoms with Gasteiger partial charge in [0.2, 0.25) is 5.91 Å². The van der Waals surface area contributed by atoms with Crippen LogP contribution in [0.2, 0.25) is 0 Å². The summed E-state index contributed by atoms with van der Waals surface area (Å²) in [5.74, 6) is 1.35. The molecule has 0 bridgehead atoms. The highest BCUT2D eigenvalue weighted by molar-refractivity contribution is 5.80. The van der Waals surface area contributed by atoms with E-state index in [0.717, 1.165) is 12.8 Å². The van der Waals surface area contributed by atoms with Crippen LogP contribution in [0.15, 0.2) is 18.2 Å². The summed E-state index contributed by atoms with van der Waals surface area (Å²) in [5, 5.41) is 12.8. The Bertz CT molecular complexity index is 457. The molecule has 2 N–H and O–H groups in total. The summed E-state index contributed by atoms with van der Waals surface area (Å²) >= 11 is 0. The van der Waals surface area contributed by atoms with E-state index in [1.54, 1.807) is 32.4 Å². The molecular weight excluding hydrogens is 246 g/mol. The van der Waals surface area contributed by atoms with E-state index in [1.807, 2.05) is 0 Å². The monoisotopic (exact) mass is 265 g/mol. The molecule has 0 radical (unpaired) electrons. The maximum Gasteiger partial charge on any atom is 0.223 e.